The molecular weight excluding hydrogens is 286 g/mol. The SMILES string of the molecule is CCNc1ncc(C(=O)Nc2nnc(C)s2)cc1Cl. The highest BCUT2D eigenvalue weighted by molar-refractivity contribution is 7.15. The van der Waals surface area contributed by atoms with E-state index in [1.807, 2.05) is 13.8 Å². The van der Waals surface area contributed by atoms with Crippen molar-refractivity contribution in [3.63, 3.8) is 0 Å². The van der Waals surface area contributed by atoms with Crippen LogP contribution in [0.2, 0.25) is 5.02 Å². The van der Waals surface area contributed by atoms with E-state index in [0.717, 1.165) is 5.01 Å². The fourth-order valence-electron chi connectivity index (χ4n) is 1.38. The van der Waals surface area contributed by atoms with Gasteiger partial charge in [0.05, 0.1) is 10.6 Å². The van der Waals surface area contributed by atoms with Gasteiger partial charge in [0.1, 0.15) is 10.8 Å². The summed E-state index contributed by atoms with van der Waals surface area (Å²) in [6, 6.07) is 1.57. The third-order valence-corrected chi connectivity index (χ3v) is 3.24. The number of halogens is 1. The summed E-state index contributed by atoms with van der Waals surface area (Å²) in [7, 11) is 0. The van der Waals surface area contributed by atoms with Crippen molar-refractivity contribution in [1.82, 2.24) is 15.2 Å². The van der Waals surface area contributed by atoms with E-state index >= 15 is 0 Å². The van der Waals surface area contributed by atoms with Crippen molar-refractivity contribution >= 4 is 39.8 Å². The van der Waals surface area contributed by atoms with Crippen molar-refractivity contribution in [1.29, 1.82) is 0 Å². The number of aryl methyl sites for hydroxylation is 1. The molecule has 1 amide bonds. The van der Waals surface area contributed by atoms with Crippen LogP contribution in [0.25, 0.3) is 0 Å². The molecule has 6 nitrogen and oxygen atoms in total. The predicted octanol–water partition coefficient (Wildman–Crippen LogP) is 2.58. The lowest BCUT2D eigenvalue weighted by molar-refractivity contribution is 0.102. The van der Waals surface area contributed by atoms with Gasteiger partial charge >= 0.3 is 0 Å². The molecule has 0 atom stereocenters. The molecule has 0 radical (unpaired) electrons. The summed E-state index contributed by atoms with van der Waals surface area (Å²) in [5, 5.41) is 14.9. The first-order chi connectivity index (χ1) is 9.10. The second kappa shape index (κ2) is 5.94. The molecule has 0 saturated carbocycles. The maximum Gasteiger partial charge on any atom is 0.259 e. The maximum atomic E-state index is 12.0. The number of hydrogen-bond acceptors (Lipinski definition) is 6. The normalized spacial score (nSPS) is 10.3. The minimum absolute atomic E-state index is 0.311. The molecule has 100 valence electrons. The number of rotatable bonds is 4. The molecule has 0 aromatic carbocycles. The zero-order valence-electron chi connectivity index (χ0n) is 10.4. The summed E-state index contributed by atoms with van der Waals surface area (Å²) >= 11 is 7.34. The third-order valence-electron chi connectivity index (χ3n) is 2.19. The molecular formula is C11H12ClN5OS. The number of anilines is 2. The molecule has 2 rings (SSSR count). The highest BCUT2D eigenvalue weighted by atomic mass is 35.5. The Morgan fingerprint density at radius 1 is 1.47 bits per heavy atom. The summed E-state index contributed by atoms with van der Waals surface area (Å²) in [5.41, 5.74) is 0.375. The highest BCUT2D eigenvalue weighted by Gasteiger charge is 2.11. The molecule has 19 heavy (non-hydrogen) atoms. The van der Waals surface area contributed by atoms with Crippen molar-refractivity contribution in [2.75, 3.05) is 17.2 Å². The molecule has 0 bridgehead atoms. The smallest absolute Gasteiger partial charge is 0.259 e. The van der Waals surface area contributed by atoms with E-state index in [4.69, 9.17) is 11.6 Å². The number of aromatic nitrogens is 3. The number of carbonyl (C=O) groups is 1. The lowest BCUT2D eigenvalue weighted by atomic mass is 10.2. The Morgan fingerprint density at radius 2 is 2.26 bits per heavy atom. The number of nitrogens with zero attached hydrogens (tertiary/aromatic N) is 3. The first-order valence-electron chi connectivity index (χ1n) is 5.61. The molecule has 2 heterocycles. The first-order valence-corrected chi connectivity index (χ1v) is 6.80. The number of hydrogen-bond donors (Lipinski definition) is 2. The molecule has 2 N–H and O–H groups in total. The summed E-state index contributed by atoms with van der Waals surface area (Å²) < 4.78 is 0. The molecule has 2 aromatic rings. The summed E-state index contributed by atoms with van der Waals surface area (Å²) in [6.07, 6.45) is 1.47. The first kappa shape index (κ1) is 13.7. The van der Waals surface area contributed by atoms with E-state index in [2.05, 4.69) is 25.8 Å². The summed E-state index contributed by atoms with van der Waals surface area (Å²) in [5.74, 6) is 0.251. The van der Waals surface area contributed by atoms with Crippen LogP contribution in [0.3, 0.4) is 0 Å². The van der Waals surface area contributed by atoms with E-state index < -0.39 is 0 Å². The molecule has 2 aromatic heterocycles. The third kappa shape index (κ3) is 3.39. The maximum absolute atomic E-state index is 12.0. The monoisotopic (exact) mass is 297 g/mol. The van der Waals surface area contributed by atoms with Gasteiger partial charge in [0, 0.05) is 12.7 Å². The molecule has 0 spiro atoms. The Labute approximate surface area is 119 Å². The van der Waals surface area contributed by atoms with E-state index in [1.54, 1.807) is 6.07 Å². The van der Waals surface area contributed by atoms with Crippen molar-refractivity contribution in [2.24, 2.45) is 0 Å². The van der Waals surface area contributed by atoms with Gasteiger partial charge in [-0.1, -0.05) is 22.9 Å². The van der Waals surface area contributed by atoms with Gasteiger partial charge in [0.15, 0.2) is 0 Å². The highest BCUT2D eigenvalue weighted by Crippen LogP contribution is 2.21. The molecule has 8 heteroatoms. The van der Waals surface area contributed by atoms with Crippen LogP contribution in [-0.4, -0.2) is 27.6 Å². The van der Waals surface area contributed by atoms with Gasteiger partial charge in [-0.15, -0.1) is 10.2 Å². The topological polar surface area (TPSA) is 79.8 Å². The van der Waals surface area contributed by atoms with Gasteiger partial charge in [0.25, 0.3) is 5.91 Å². The van der Waals surface area contributed by atoms with Gasteiger partial charge in [-0.05, 0) is 19.9 Å². The van der Waals surface area contributed by atoms with Crippen LogP contribution in [0.1, 0.15) is 22.3 Å². The van der Waals surface area contributed by atoms with Crippen LogP contribution < -0.4 is 10.6 Å². The van der Waals surface area contributed by atoms with Crippen molar-refractivity contribution in [2.45, 2.75) is 13.8 Å². The second-order valence-corrected chi connectivity index (χ2v) is 5.25. The average molecular weight is 298 g/mol. The molecule has 0 unspecified atom stereocenters. The number of carbonyl (C=O) groups excluding carboxylic acids is 1. The van der Waals surface area contributed by atoms with Crippen molar-refractivity contribution in [3.05, 3.63) is 27.9 Å². The van der Waals surface area contributed by atoms with Crippen LogP contribution in [0.15, 0.2) is 12.3 Å². The fourth-order valence-corrected chi connectivity index (χ4v) is 2.20. The fraction of sp³-hybridized carbons (Fsp3) is 0.273. The quantitative estimate of drug-likeness (QED) is 0.906. The van der Waals surface area contributed by atoms with Gasteiger partial charge in [-0.3, -0.25) is 10.1 Å². The molecule has 0 saturated heterocycles. The number of pyridine rings is 1. The minimum Gasteiger partial charge on any atom is -0.369 e. The van der Waals surface area contributed by atoms with Gasteiger partial charge in [-0.2, -0.15) is 0 Å². The molecule has 0 aliphatic carbocycles. The Bertz CT molecular complexity index is 601. The Hall–Kier alpha value is -1.73. The molecule has 0 aliphatic rings. The van der Waals surface area contributed by atoms with Crippen LogP contribution in [0, 0.1) is 6.92 Å². The predicted molar refractivity (Wildman–Crippen MR) is 76.0 cm³/mol. The van der Waals surface area contributed by atoms with E-state index in [9.17, 15) is 4.79 Å². The largest absolute Gasteiger partial charge is 0.369 e. The van der Waals surface area contributed by atoms with Gasteiger partial charge < -0.3 is 5.32 Å². The zero-order chi connectivity index (χ0) is 13.8. The average Bonchev–Trinajstić information content (AvgIpc) is 2.77. The minimum atomic E-state index is -0.311. The Balaban J connectivity index is 2.13. The van der Waals surface area contributed by atoms with Crippen LogP contribution in [0.5, 0.6) is 0 Å². The summed E-state index contributed by atoms with van der Waals surface area (Å²) in [6.45, 7) is 4.47. The molecule has 0 fully saturated rings. The van der Waals surface area contributed by atoms with Crippen molar-refractivity contribution in [3.8, 4) is 0 Å². The Morgan fingerprint density at radius 3 is 2.84 bits per heavy atom. The van der Waals surface area contributed by atoms with Gasteiger partial charge in [0.2, 0.25) is 5.13 Å². The van der Waals surface area contributed by atoms with Crippen LogP contribution in [-0.2, 0) is 0 Å². The number of nitrogens with one attached hydrogen (secondary N) is 2. The second-order valence-electron chi connectivity index (χ2n) is 3.67. The van der Waals surface area contributed by atoms with E-state index in [1.165, 1.54) is 17.5 Å². The standard InChI is InChI=1S/C11H12ClN5OS/c1-3-13-9-8(12)4-7(5-14-9)10(18)15-11-17-16-6(2)19-11/h4-5H,3H2,1-2H3,(H,13,14)(H,15,17,18). The lowest BCUT2D eigenvalue weighted by Gasteiger charge is -2.06. The van der Waals surface area contributed by atoms with Crippen LogP contribution >= 0.6 is 22.9 Å². The molecule has 0 aliphatic heterocycles. The van der Waals surface area contributed by atoms with E-state index in [-0.39, 0.29) is 5.91 Å². The van der Waals surface area contributed by atoms with Crippen molar-refractivity contribution < 1.29 is 4.79 Å². The Kier molecular flexibility index (Phi) is 4.28. The lowest BCUT2D eigenvalue weighted by Crippen LogP contribution is -2.12. The van der Waals surface area contributed by atoms with E-state index in [0.29, 0.717) is 28.1 Å². The zero-order valence-corrected chi connectivity index (χ0v) is 12.0. The number of amides is 1. The van der Waals surface area contributed by atoms with Gasteiger partial charge in [-0.25, -0.2) is 4.98 Å². The van der Waals surface area contributed by atoms with Crippen LogP contribution in [0.4, 0.5) is 10.9 Å². The summed E-state index contributed by atoms with van der Waals surface area (Å²) in [4.78, 5) is 16.1.